The molecule has 0 spiro atoms. The van der Waals surface area contributed by atoms with Crippen molar-refractivity contribution in [3.63, 3.8) is 0 Å². The molecule has 1 amide bonds. The average Bonchev–Trinajstić information content (AvgIpc) is 3.39. The number of alkyl halides is 3. The van der Waals surface area contributed by atoms with E-state index in [0.29, 0.717) is 12.1 Å². The summed E-state index contributed by atoms with van der Waals surface area (Å²) in [5, 5.41) is 17.1. The summed E-state index contributed by atoms with van der Waals surface area (Å²) >= 11 is 0.165. The monoisotopic (exact) mass is 471 g/mol. The number of anilines is 1. The highest BCUT2D eigenvalue weighted by molar-refractivity contribution is 7.15. The Balaban J connectivity index is 1.63. The molecule has 0 radical (unpaired) electrons. The van der Waals surface area contributed by atoms with Crippen LogP contribution in [0, 0.1) is 17.1 Å². The second-order valence-electron chi connectivity index (χ2n) is 6.89. The average molecular weight is 471 g/mol. The summed E-state index contributed by atoms with van der Waals surface area (Å²) in [6.07, 6.45) is -1.59. The third-order valence-corrected chi connectivity index (χ3v) is 5.52. The second kappa shape index (κ2) is 8.84. The van der Waals surface area contributed by atoms with E-state index in [1.807, 2.05) is 22.8 Å². The lowest BCUT2D eigenvalue weighted by atomic mass is 10.1. The molecule has 0 unspecified atom stereocenters. The largest absolute Gasteiger partial charge is 0.445 e. The molecule has 2 aromatic carbocycles. The van der Waals surface area contributed by atoms with Crippen molar-refractivity contribution in [2.75, 3.05) is 5.32 Å². The number of para-hydroxylation sites is 1. The summed E-state index contributed by atoms with van der Waals surface area (Å²) in [5.41, 5.74) is 1.92. The van der Waals surface area contributed by atoms with E-state index in [1.54, 1.807) is 30.5 Å². The fourth-order valence-electron chi connectivity index (χ4n) is 3.16. The van der Waals surface area contributed by atoms with Crippen LogP contribution < -0.4 is 5.32 Å². The quantitative estimate of drug-likeness (QED) is 0.245. The van der Waals surface area contributed by atoms with Gasteiger partial charge in [-0.1, -0.05) is 41.7 Å². The van der Waals surface area contributed by atoms with Crippen LogP contribution in [0.4, 0.5) is 22.7 Å². The summed E-state index contributed by atoms with van der Waals surface area (Å²) in [4.78, 5) is 12.5. The van der Waals surface area contributed by atoms with Crippen molar-refractivity contribution >= 4 is 39.4 Å². The Morgan fingerprint density at radius 1 is 1.15 bits per heavy atom. The van der Waals surface area contributed by atoms with Crippen molar-refractivity contribution < 1.29 is 22.4 Å². The van der Waals surface area contributed by atoms with Crippen LogP contribution in [-0.2, 0) is 17.5 Å². The summed E-state index contributed by atoms with van der Waals surface area (Å²) < 4.78 is 53.2. The topological polar surface area (TPSA) is 83.6 Å². The Bertz CT molecular complexity index is 1400. The van der Waals surface area contributed by atoms with E-state index in [-0.39, 0.29) is 27.9 Å². The molecule has 0 saturated heterocycles. The van der Waals surface area contributed by atoms with E-state index in [4.69, 9.17) is 0 Å². The number of carbonyl (C=O) groups is 1. The molecule has 166 valence electrons. The van der Waals surface area contributed by atoms with Gasteiger partial charge in [0.25, 0.3) is 5.91 Å². The molecule has 0 aliphatic heterocycles. The predicted octanol–water partition coefficient (Wildman–Crippen LogP) is 5.24. The van der Waals surface area contributed by atoms with Gasteiger partial charge in [-0.05, 0) is 29.8 Å². The Morgan fingerprint density at radius 3 is 2.55 bits per heavy atom. The molecule has 0 bridgehead atoms. The van der Waals surface area contributed by atoms with Crippen molar-refractivity contribution in [2.45, 2.75) is 12.7 Å². The van der Waals surface area contributed by atoms with E-state index in [1.165, 1.54) is 18.2 Å². The lowest BCUT2D eigenvalue weighted by Crippen LogP contribution is -2.13. The SMILES string of the molecule is N#C/C(=C\c1cn(Cc2ccc(F)cc2)c2ccccc12)C(=O)Nc1nnc(C(F)(F)F)s1. The van der Waals surface area contributed by atoms with Crippen LogP contribution in [0.15, 0.2) is 60.3 Å². The summed E-state index contributed by atoms with van der Waals surface area (Å²) in [7, 11) is 0. The van der Waals surface area contributed by atoms with Crippen molar-refractivity contribution in [2.24, 2.45) is 0 Å². The maximum absolute atomic E-state index is 13.2. The van der Waals surface area contributed by atoms with E-state index in [9.17, 15) is 27.6 Å². The molecule has 33 heavy (non-hydrogen) atoms. The number of nitrogens with one attached hydrogen (secondary N) is 1. The molecule has 4 aromatic rings. The number of fused-ring (bicyclic) bond motifs is 1. The Kier molecular flexibility index (Phi) is 5.93. The summed E-state index contributed by atoms with van der Waals surface area (Å²) in [6, 6.07) is 15.1. The molecule has 2 aromatic heterocycles. The lowest BCUT2D eigenvalue weighted by Gasteiger charge is -2.05. The fourth-order valence-corrected chi connectivity index (χ4v) is 3.77. The number of halogens is 4. The molecule has 0 atom stereocenters. The minimum Gasteiger partial charge on any atom is -0.342 e. The van der Waals surface area contributed by atoms with Crippen molar-refractivity contribution in [3.05, 3.63) is 82.3 Å². The number of nitriles is 1. The van der Waals surface area contributed by atoms with Crippen LogP contribution >= 0.6 is 11.3 Å². The molecule has 0 saturated carbocycles. The molecule has 4 rings (SSSR count). The van der Waals surface area contributed by atoms with E-state index >= 15 is 0 Å². The number of aromatic nitrogens is 3. The van der Waals surface area contributed by atoms with Crippen LogP contribution in [0.5, 0.6) is 0 Å². The third kappa shape index (κ3) is 4.91. The number of rotatable bonds is 5. The zero-order valence-electron chi connectivity index (χ0n) is 16.6. The Morgan fingerprint density at radius 2 is 1.88 bits per heavy atom. The van der Waals surface area contributed by atoms with Crippen molar-refractivity contribution in [3.8, 4) is 6.07 Å². The van der Waals surface area contributed by atoms with Gasteiger partial charge in [-0.25, -0.2) is 4.39 Å². The molecule has 2 heterocycles. The number of hydrogen-bond donors (Lipinski definition) is 1. The van der Waals surface area contributed by atoms with Crippen molar-refractivity contribution in [1.82, 2.24) is 14.8 Å². The normalized spacial score (nSPS) is 12.0. The highest BCUT2D eigenvalue weighted by atomic mass is 32.1. The minimum atomic E-state index is -4.68. The van der Waals surface area contributed by atoms with Gasteiger partial charge in [0.15, 0.2) is 0 Å². The maximum Gasteiger partial charge on any atom is 0.445 e. The molecule has 1 N–H and O–H groups in total. The van der Waals surface area contributed by atoms with E-state index in [2.05, 4.69) is 15.5 Å². The lowest BCUT2D eigenvalue weighted by molar-refractivity contribution is -0.138. The Hall–Kier alpha value is -4.04. The van der Waals surface area contributed by atoms with Gasteiger partial charge in [0.2, 0.25) is 10.1 Å². The van der Waals surface area contributed by atoms with Gasteiger partial charge in [0, 0.05) is 29.2 Å². The first-order valence-corrected chi connectivity index (χ1v) is 10.2. The van der Waals surface area contributed by atoms with E-state index < -0.39 is 17.1 Å². The first-order chi connectivity index (χ1) is 15.7. The number of nitrogens with zero attached hydrogens (tertiary/aromatic N) is 4. The number of hydrogen-bond acceptors (Lipinski definition) is 5. The summed E-state index contributed by atoms with van der Waals surface area (Å²) in [5.74, 6) is -1.25. The van der Waals surface area contributed by atoms with E-state index in [0.717, 1.165) is 16.5 Å². The fraction of sp³-hybridized carbons (Fsp3) is 0.0909. The van der Waals surface area contributed by atoms with Crippen molar-refractivity contribution in [1.29, 1.82) is 5.26 Å². The number of benzene rings is 2. The molecule has 0 aliphatic rings. The standard InChI is InChI=1S/C22H13F4N5OS/c23-16-7-5-13(6-8-16)11-31-12-15(17-3-1-2-4-18(17)31)9-14(10-27)19(32)28-21-30-29-20(33-21)22(24,25)26/h1-9,12H,11H2,(H,28,30,32)/b14-9+. The van der Waals surface area contributed by atoms with Gasteiger partial charge in [-0.2, -0.15) is 18.4 Å². The maximum atomic E-state index is 13.2. The smallest absolute Gasteiger partial charge is 0.342 e. The molecule has 0 aliphatic carbocycles. The van der Waals surface area contributed by atoms with Crippen LogP contribution in [-0.4, -0.2) is 20.7 Å². The third-order valence-electron chi connectivity index (χ3n) is 4.64. The van der Waals surface area contributed by atoms with Gasteiger partial charge in [0.1, 0.15) is 17.5 Å². The number of carbonyl (C=O) groups excluding carboxylic acids is 1. The molecule has 0 fully saturated rings. The number of amides is 1. The van der Waals surface area contributed by atoms with Crippen LogP contribution in [0.3, 0.4) is 0 Å². The minimum absolute atomic E-state index is 0.165. The first kappa shape index (κ1) is 22.2. The van der Waals surface area contributed by atoms with Gasteiger partial charge < -0.3 is 4.57 Å². The second-order valence-corrected chi connectivity index (χ2v) is 7.87. The zero-order valence-corrected chi connectivity index (χ0v) is 17.4. The van der Waals surface area contributed by atoms with Gasteiger partial charge in [0.05, 0.1) is 0 Å². The van der Waals surface area contributed by atoms with Crippen LogP contribution in [0.25, 0.3) is 17.0 Å². The van der Waals surface area contributed by atoms with Crippen LogP contribution in [0.2, 0.25) is 0 Å². The van der Waals surface area contributed by atoms with Gasteiger partial charge in [-0.15, -0.1) is 10.2 Å². The van der Waals surface area contributed by atoms with Gasteiger partial charge in [-0.3, -0.25) is 10.1 Å². The highest BCUT2D eigenvalue weighted by Crippen LogP contribution is 2.33. The highest BCUT2D eigenvalue weighted by Gasteiger charge is 2.35. The van der Waals surface area contributed by atoms with Gasteiger partial charge >= 0.3 is 6.18 Å². The first-order valence-electron chi connectivity index (χ1n) is 9.41. The Labute approximate surface area is 188 Å². The molecular formula is C22H13F4N5OS. The molecule has 6 nitrogen and oxygen atoms in total. The van der Waals surface area contributed by atoms with Crippen LogP contribution in [0.1, 0.15) is 16.1 Å². The predicted molar refractivity (Wildman–Crippen MR) is 115 cm³/mol. The zero-order chi connectivity index (χ0) is 23.6. The summed E-state index contributed by atoms with van der Waals surface area (Å²) in [6.45, 7) is 0.424. The molecule has 11 heteroatoms. The molecular weight excluding hydrogens is 458 g/mol.